The van der Waals surface area contributed by atoms with Gasteiger partial charge in [0.15, 0.2) is 0 Å². The maximum Gasteiger partial charge on any atom is 0.223 e. The molecule has 4 rings (SSSR count). The second-order valence-corrected chi connectivity index (χ2v) is 7.45. The fraction of sp³-hybridized carbons (Fsp3) is 0.409. The summed E-state index contributed by atoms with van der Waals surface area (Å²) in [7, 11) is 0. The standard InChI is InChI=1S/C22H25FN4O/c1-2-3-12-24-22-25-13-20-21(26-22)19(15-4-10-18(28)11-5-15)14-27(20)17-8-6-16(23)7-9-17/h6-9,13-15H,2-5,10-12H2,1H3,(H,24,25,26). The number of hydrogen-bond acceptors (Lipinski definition) is 4. The molecule has 0 amide bonds. The van der Waals surface area contributed by atoms with Crippen molar-refractivity contribution < 1.29 is 9.18 Å². The highest BCUT2D eigenvalue weighted by molar-refractivity contribution is 5.84. The molecule has 0 radical (unpaired) electrons. The van der Waals surface area contributed by atoms with Crippen molar-refractivity contribution in [3.8, 4) is 5.69 Å². The zero-order valence-electron chi connectivity index (χ0n) is 16.1. The van der Waals surface area contributed by atoms with Crippen LogP contribution in [0.1, 0.15) is 56.9 Å². The molecule has 146 valence electrons. The van der Waals surface area contributed by atoms with Crippen LogP contribution in [0.4, 0.5) is 10.3 Å². The third-order valence-corrected chi connectivity index (χ3v) is 5.47. The fourth-order valence-electron chi connectivity index (χ4n) is 3.86. The molecule has 1 aromatic carbocycles. The van der Waals surface area contributed by atoms with Gasteiger partial charge in [0.2, 0.25) is 5.95 Å². The Morgan fingerprint density at radius 2 is 1.96 bits per heavy atom. The molecule has 6 heteroatoms. The molecule has 0 saturated heterocycles. The third kappa shape index (κ3) is 3.77. The monoisotopic (exact) mass is 380 g/mol. The van der Waals surface area contributed by atoms with E-state index in [2.05, 4.69) is 23.4 Å². The number of aromatic nitrogens is 3. The molecule has 5 nitrogen and oxygen atoms in total. The van der Waals surface area contributed by atoms with E-state index in [9.17, 15) is 9.18 Å². The second kappa shape index (κ2) is 8.09. The van der Waals surface area contributed by atoms with Crippen LogP contribution in [0.3, 0.4) is 0 Å². The van der Waals surface area contributed by atoms with E-state index < -0.39 is 0 Å². The number of anilines is 1. The highest BCUT2D eigenvalue weighted by Crippen LogP contribution is 2.37. The van der Waals surface area contributed by atoms with E-state index in [0.29, 0.717) is 30.5 Å². The lowest BCUT2D eigenvalue weighted by Crippen LogP contribution is -2.12. The zero-order chi connectivity index (χ0) is 19.5. The summed E-state index contributed by atoms with van der Waals surface area (Å²) in [5, 5.41) is 3.30. The highest BCUT2D eigenvalue weighted by Gasteiger charge is 2.25. The van der Waals surface area contributed by atoms with Gasteiger partial charge in [-0.1, -0.05) is 13.3 Å². The Morgan fingerprint density at radius 1 is 1.21 bits per heavy atom. The van der Waals surface area contributed by atoms with E-state index in [1.54, 1.807) is 12.1 Å². The smallest absolute Gasteiger partial charge is 0.223 e. The molecular formula is C22H25FN4O. The first-order chi connectivity index (χ1) is 13.7. The van der Waals surface area contributed by atoms with Crippen molar-refractivity contribution in [3.63, 3.8) is 0 Å². The molecule has 2 heterocycles. The van der Waals surface area contributed by atoms with E-state index in [1.807, 2.05) is 10.8 Å². The van der Waals surface area contributed by atoms with Crippen LogP contribution >= 0.6 is 0 Å². The van der Waals surface area contributed by atoms with Crippen LogP contribution in [-0.4, -0.2) is 26.9 Å². The topological polar surface area (TPSA) is 59.8 Å². The number of fused-ring (bicyclic) bond motifs is 1. The molecule has 3 aromatic rings. The summed E-state index contributed by atoms with van der Waals surface area (Å²) < 4.78 is 15.4. The van der Waals surface area contributed by atoms with Crippen molar-refractivity contribution in [2.45, 2.75) is 51.4 Å². The van der Waals surface area contributed by atoms with Crippen molar-refractivity contribution in [1.29, 1.82) is 0 Å². The lowest BCUT2D eigenvalue weighted by Gasteiger charge is -2.20. The number of nitrogens with one attached hydrogen (secondary N) is 1. The first-order valence-corrected chi connectivity index (χ1v) is 10.0. The number of Topliss-reactive ketones (excluding diaryl/α,β-unsaturated/α-hetero) is 1. The SMILES string of the molecule is CCCCNc1ncc2c(n1)c(C1CCC(=O)CC1)cn2-c1ccc(F)cc1. The van der Waals surface area contributed by atoms with Crippen molar-refractivity contribution in [1.82, 2.24) is 14.5 Å². The van der Waals surface area contributed by atoms with Crippen LogP contribution < -0.4 is 5.32 Å². The number of benzene rings is 1. The van der Waals surface area contributed by atoms with E-state index in [1.165, 1.54) is 12.1 Å². The Labute approximate surface area is 164 Å². The van der Waals surface area contributed by atoms with Gasteiger partial charge in [0.1, 0.15) is 11.6 Å². The lowest BCUT2D eigenvalue weighted by molar-refractivity contribution is -0.120. The second-order valence-electron chi connectivity index (χ2n) is 7.45. The summed E-state index contributed by atoms with van der Waals surface area (Å²) in [6.45, 7) is 2.99. The lowest BCUT2D eigenvalue weighted by atomic mass is 9.84. The van der Waals surface area contributed by atoms with Gasteiger partial charge in [0.05, 0.1) is 17.2 Å². The Bertz CT molecular complexity index is 970. The van der Waals surface area contributed by atoms with Gasteiger partial charge in [-0.15, -0.1) is 0 Å². The molecular weight excluding hydrogens is 355 g/mol. The van der Waals surface area contributed by atoms with Gasteiger partial charge < -0.3 is 9.88 Å². The average Bonchev–Trinajstić information content (AvgIpc) is 3.08. The van der Waals surface area contributed by atoms with E-state index in [4.69, 9.17) is 4.98 Å². The summed E-state index contributed by atoms with van der Waals surface area (Å²) in [5.41, 5.74) is 3.84. The van der Waals surface area contributed by atoms with Crippen LogP contribution in [0.25, 0.3) is 16.7 Å². The van der Waals surface area contributed by atoms with Crippen molar-refractivity contribution in [3.05, 3.63) is 48.0 Å². The highest BCUT2D eigenvalue weighted by atomic mass is 19.1. The number of nitrogens with zero attached hydrogens (tertiary/aromatic N) is 3. The molecule has 1 fully saturated rings. The number of unbranched alkanes of at least 4 members (excludes halogenated alkanes) is 1. The molecule has 1 N–H and O–H groups in total. The number of halogens is 1. The summed E-state index contributed by atoms with van der Waals surface area (Å²) in [4.78, 5) is 21.0. The predicted molar refractivity (Wildman–Crippen MR) is 108 cm³/mol. The molecule has 28 heavy (non-hydrogen) atoms. The summed E-state index contributed by atoms with van der Waals surface area (Å²) in [6, 6.07) is 6.44. The molecule has 1 saturated carbocycles. The van der Waals surface area contributed by atoms with E-state index in [0.717, 1.165) is 54.5 Å². The van der Waals surface area contributed by atoms with Crippen LogP contribution in [0.15, 0.2) is 36.7 Å². The summed E-state index contributed by atoms with van der Waals surface area (Å²) in [5.74, 6) is 1.02. The number of hydrogen-bond donors (Lipinski definition) is 1. The Balaban J connectivity index is 1.76. The molecule has 0 aliphatic heterocycles. The zero-order valence-corrected chi connectivity index (χ0v) is 16.1. The van der Waals surface area contributed by atoms with Crippen molar-refractivity contribution in [2.24, 2.45) is 0 Å². The maximum absolute atomic E-state index is 13.4. The van der Waals surface area contributed by atoms with Gasteiger partial charge in [-0.05, 0) is 55.0 Å². The number of carbonyl (C=O) groups is 1. The van der Waals surface area contributed by atoms with Crippen LogP contribution in [0.2, 0.25) is 0 Å². The van der Waals surface area contributed by atoms with Gasteiger partial charge >= 0.3 is 0 Å². The number of carbonyl (C=O) groups excluding carboxylic acids is 1. The fourth-order valence-corrected chi connectivity index (χ4v) is 3.86. The minimum atomic E-state index is -0.259. The van der Waals surface area contributed by atoms with E-state index >= 15 is 0 Å². The van der Waals surface area contributed by atoms with Crippen LogP contribution in [0.5, 0.6) is 0 Å². The number of rotatable bonds is 6. The normalized spacial score (nSPS) is 15.3. The molecule has 2 aromatic heterocycles. The number of ketones is 1. The first kappa shape index (κ1) is 18.6. The maximum atomic E-state index is 13.4. The molecule has 0 bridgehead atoms. The van der Waals surface area contributed by atoms with Crippen LogP contribution in [0, 0.1) is 5.82 Å². The average molecular weight is 380 g/mol. The predicted octanol–water partition coefficient (Wildman–Crippen LogP) is 5.00. The first-order valence-electron chi connectivity index (χ1n) is 10.0. The van der Waals surface area contributed by atoms with Gasteiger partial charge in [0.25, 0.3) is 0 Å². The molecule has 1 aliphatic rings. The van der Waals surface area contributed by atoms with Crippen molar-refractivity contribution >= 4 is 22.8 Å². The van der Waals surface area contributed by atoms with Gasteiger partial charge in [-0.3, -0.25) is 4.79 Å². The minimum Gasteiger partial charge on any atom is -0.354 e. The van der Waals surface area contributed by atoms with Gasteiger partial charge in [0, 0.05) is 31.3 Å². The minimum absolute atomic E-state index is 0.259. The summed E-state index contributed by atoms with van der Waals surface area (Å²) in [6.07, 6.45) is 9.04. The molecule has 1 aliphatic carbocycles. The van der Waals surface area contributed by atoms with E-state index in [-0.39, 0.29) is 5.82 Å². The Kier molecular flexibility index (Phi) is 5.37. The van der Waals surface area contributed by atoms with Crippen molar-refractivity contribution in [2.75, 3.05) is 11.9 Å². The Hall–Kier alpha value is -2.76. The van der Waals surface area contributed by atoms with Crippen LogP contribution in [-0.2, 0) is 4.79 Å². The Morgan fingerprint density at radius 3 is 2.68 bits per heavy atom. The quantitative estimate of drug-likeness (QED) is 0.612. The molecule has 0 spiro atoms. The van der Waals surface area contributed by atoms with Gasteiger partial charge in [-0.2, -0.15) is 0 Å². The largest absolute Gasteiger partial charge is 0.354 e. The molecule has 0 atom stereocenters. The van der Waals surface area contributed by atoms with Gasteiger partial charge in [-0.25, -0.2) is 14.4 Å². The third-order valence-electron chi connectivity index (χ3n) is 5.47. The molecule has 0 unspecified atom stereocenters. The summed E-state index contributed by atoms with van der Waals surface area (Å²) >= 11 is 0.